The number of benzene rings is 1. The minimum Gasteiger partial charge on any atom is -0.475 e. The van der Waals surface area contributed by atoms with E-state index < -0.39 is 12.1 Å². The van der Waals surface area contributed by atoms with Gasteiger partial charge in [-0.2, -0.15) is 0 Å². The number of aliphatic hydroxyl groups is 1. The number of carboxylic acid groups (broad SMARTS) is 1. The van der Waals surface area contributed by atoms with Crippen LogP contribution in [0.5, 0.6) is 0 Å². The number of para-hydroxylation sites is 1. The van der Waals surface area contributed by atoms with Crippen LogP contribution in [0.2, 0.25) is 0 Å². The Morgan fingerprint density at radius 1 is 1.10 bits per heavy atom. The molecule has 0 aliphatic rings. The summed E-state index contributed by atoms with van der Waals surface area (Å²) in [4.78, 5) is 15.1. The average molecular weight is 269 g/mol. The Balaban J connectivity index is 1.98. The zero-order chi connectivity index (χ0) is 14.1. The fraction of sp³-hybridized carbons (Fsp3) is 0.0667. The van der Waals surface area contributed by atoms with Crippen LogP contribution < -0.4 is 0 Å². The Morgan fingerprint density at radius 2 is 1.90 bits per heavy atom. The third-order valence-electron chi connectivity index (χ3n) is 3.01. The van der Waals surface area contributed by atoms with E-state index in [0.29, 0.717) is 5.69 Å². The summed E-state index contributed by atoms with van der Waals surface area (Å²) in [5.41, 5.74) is 1.17. The molecule has 1 aromatic carbocycles. The Bertz CT molecular complexity index is 778. The smallest absolute Gasteiger partial charge is 0.371 e. The molecule has 2 heterocycles. The van der Waals surface area contributed by atoms with E-state index in [1.54, 1.807) is 6.07 Å². The predicted octanol–water partition coefficient (Wildman–Crippen LogP) is 2.61. The van der Waals surface area contributed by atoms with Crippen molar-refractivity contribution in [1.82, 2.24) is 4.98 Å². The van der Waals surface area contributed by atoms with Crippen LogP contribution in [0.3, 0.4) is 0 Å². The summed E-state index contributed by atoms with van der Waals surface area (Å²) < 4.78 is 5.08. The summed E-state index contributed by atoms with van der Waals surface area (Å²) in [5, 5.41) is 20.0. The van der Waals surface area contributed by atoms with Gasteiger partial charge < -0.3 is 14.6 Å². The second-order valence-electron chi connectivity index (χ2n) is 4.34. The molecular weight excluding hydrogens is 258 g/mol. The highest BCUT2D eigenvalue weighted by Crippen LogP contribution is 2.24. The summed E-state index contributed by atoms with van der Waals surface area (Å²) in [6.45, 7) is 0. The first kappa shape index (κ1) is 12.4. The van der Waals surface area contributed by atoms with E-state index in [2.05, 4.69) is 4.98 Å². The van der Waals surface area contributed by atoms with Crippen molar-refractivity contribution in [3.8, 4) is 0 Å². The van der Waals surface area contributed by atoms with Gasteiger partial charge in [-0.15, -0.1) is 0 Å². The van der Waals surface area contributed by atoms with E-state index in [0.717, 1.165) is 10.9 Å². The first-order valence-electron chi connectivity index (χ1n) is 6.02. The van der Waals surface area contributed by atoms with Crippen molar-refractivity contribution in [3.05, 3.63) is 65.7 Å². The molecule has 5 heteroatoms. The molecular formula is C15H11NO4. The number of aromatic carboxylic acids is 1. The largest absolute Gasteiger partial charge is 0.475 e. The quantitative estimate of drug-likeness (QED) is 0.763. The van der Waals surface area contributed by atoms with E-state index in [4.69, 9.17) is 9.52 Å². The molecule has 1 unspecified atom stereocenters. The summed E-state index contributed by atoms with van der Waals surface area (Å²) in [7, 11) is 0. The minimum atomic E-state index is -1.17. The van der Waals surface area contributed by atoms with Crippen molar-refractivity contribution in [2.24, 2.45) is 0 Å². The van der Waals surface area contributed by atoms with E-state index in [-0.39, 0.29) is 11.5 Å². The molecule has 0 saturated heterocycles. The second-order valence-corrected chi connectivity index (χ2v) is 4.34. The highest BCUT2D eigenvalue weighted by Gasteiger charge is 2.18. The number of carbonyl (C=O) groups is 1. The molecule has 0 radical (unpaired) electrons. The number of furan rings is 1. The SMILES string of the molecule is O=C(O)c1ccc(C(O)c2ccc3ccccc3n2)o1. The van der Waals surface area contributed by atoms with Gasteiger partial charge in [0.05, 0.1) is 11.2 Å². The van der Waals surface area contributed by atoms with Gasteiger partial charge >= 0.3 is 5.97 Å². The zero-order valence-corrected chi connectivity index (χ0v) is 10.4. The molecule has 2 aromatic heterocycles. The maximum absolute atomic E-state index is 10.8. The molecule has 5 nitrogen and oxygen atoms in total. The van der Waals surface area contributed by atoms with Gasteiger partial charge in [0.25, 0.3) is 0 Å². The number of pyridine rings is 1. The zero-order valence-electron chi connectivity index (χ0n) is 10.4. The lowest BCUT2D eigenvalue weighted by molar-refractivity contribution is 0.0654. The van der Waals surface area contributed by atoms with Gasteiger partial charge in [0.15, 0.2) is 6.10 Å². The molecule has 100 valence electrons. The van der Waals surface area contributed by atoms with E-state index in [9.17, 15) is 9.90 Å². The highest BCUT2D eigenvalue weighted by molar-refractivity contribution is 5.84. The normalized spacial score (nSPS) is 12.4. The third-order valence-corrected chi connectivity index (χ3v) is 3.01. The molecule has 2 N–H and O–H groups in total. The van der Waals surface area contributed by atoms with Crippen LogP contribution in [0.1, 0.15) is 28.1 Å². The summed E-state index contributed by atoms with van der Waals surface area (Å²) >= 11 is 0. The fourth-order valence-corrected chi connectivity index (χ4v) is 1.99. The molecule has 0 saturated carbocycles. The molecule has 3 rings (SSSR count). The number of carboxylic acids is 1. The lowest BCUT2D eigenvalue weighted by Crippen LogP contribution is -2.01. The maximum atomic E-state index is 10.8. The molecule has 3 aromatic rings. The lowest BCUT2D eigenvalue weighted by Gasteiger charge is -2.08. The Hall–Kier alpha value is -2.66. The van der Waals surface area contributed by atoms with Gasteiger partial charge in [-0.05, 0) is 24.3 Å². The van der Waals surface area contributed by atoms with Crippen LogP contribution in [0.4, 0.5) is 0 Å². The third kappa shape index (κ3) is 2.15. The standard InChI is InChI=1S/C15H11NO4/c17-14(12-7-8-13(20-12)15(18)19)11-6-5-9-3-1-2-4-10(9)16-11/h1-8,14,17H,(H,18,19). The number of rotatable bonds is 3. The maximum Gasteiger partial charge on any atom is 0.371 e. The number of aromatic nitrogens is 1. The van der Waals surface area contributed by atoms with Crippen LogP contribution in [0.15, 0.2) is 52.9 Å². The number of hydrogen-bond donors (Lipinski definition) is 2. The van der Waals surface area contributed by atoms with Crippen LogP contribution >= 0.6 is 0 Å². The summed E-state index contributed by atoms with van der Waals surface area (Å²) in [6.07, 6.45) is -1.09. The average Bonchev–Trinajstić information content (AvgIpc) is 2.96. The van der Waals surface area contributed by atoms with Crippen molar-refractivity contribution < 1.29 is 19.4 Å². The molecule has 0 fully saturated rings. The van der Waals surface area contributed by atoms with Crippen molar-refractivity contribution in [3.63, 3.8) is 0 Å². The van der Waals surface area contributed by atoms with E-state index in [1.807, 2.05) is 30.3 Å². The monoisotopic (exact) mass is 269 g/mol. The molecule has 20 heavy (non-hydrogen) atoms. The van der Waals surface area contributed by atoms with E-state index >= 15 is 0 Å². The highest BCUT2D eigenvalue weighted by atomic mass is 16.4. The molecule has 0 bridgehead atoms. The fourth-order valence-electron chi connectivity index (χ4n) is 1.99. The number of fused-ring (bicyclic) bond motifs is 1. The molecule has 0 aliphatic heterocycles. The van der Waals surface area contributed by atoms with Crippen LogP contribution in [-0.4, -0.2) is 21.2 Å². The summed E-state index contributed by atoms with van der Waals surface area (Å²) in [6, 6.07) is 13.8. The van der Waals surface area contributed by atoms with Gasteiger partial charge in [-0.25, -0.2) is 9.78 Å². The number of aliphatic hydroxyl groups excluding tert-OH is 1. The van der Waals surface area contributed by atoms with Crippen molar-refractivity contribution in [2.45, 2.75) is 6.10 Å². The first-order chi connectivity index (χ1) is 9.65. The Labute approximate surface area is 114 Å². The van der Waals surface area contributed by atoms with Gasteiger partial charge in [0, 0.05) is 5.39 Å². The van der Waals surface area contributed by atoms with Crippen molar-refractivity contribution >= 4 is 16.9 Å². The summed E-state index contributed by atoms with van der Waals surface area (Å²) in [5.74, 6) is -1.22. The Kier molecular flexibility index (Phi) is 2.96. The molecule has 0 aliphatic carbocycles. The van der Waals surface area contributed by atoms with Gasteiger partial charge in [0.2, 0.25) is 5.76 Å². The van der Waals surface area contributed by atoms with Gasteiger partial charge in [-0.1, -0.05) is 24.3 Å². The Morgan fingerprint density at radius 3 is 2.65 bits per heavy atom. The minimum absolute atomic E-state index is 0.158. The van der Waals surface area contributed by atoms with Crippen molar-refractivity contribution in [2.75, 3.05) is 0 Å². The predicted molar refractivity (Wildman–Crippen MR) is 71.5 cm³/mol. The van der Waals surface area contributed by atoms with Crippen LogP contribution in [-0.2, 0) is 0 Å². The number of nitrogens with zero attached hydrogens (tertiary/aromatic N) is 1. The molecule has 1 atom stereocenters. The molecule has 0 amide bonds. The lowest BCUT2D eigenvalue weighted by atomic mass is 10.1. The number of hydrogen-bond acceptors (Lipinski definition) is 4. The van der Waals surface area contributed by atoms with Gasteiger partial charge in [0.1, 0.15) is 5.76 Å². The first-order valence-corrected chi connectivity index (χ1v) is 6.02. The van der Waals surface area contributed by atoms with Crippen LogP contribution in [0.25, 0.3) is 10.9 Å². The van der Waals surface area contributed by atoms with E-state index in [1.165, 1.54) is 12.1 Å². The second kappa shape index (κ2) is 4.79. The molecule has 0 spiro atoms. The van der Waals surface area contributed by atoms with Gasteiger partial charge in [-0.3, -0.25) is 0 Å². The van der Waals surface area contributed by atoms with Crippen molar-refractivity contribution in [1.29, 1.82) is 0 Å². The van der Waals surface area contributed by atoms with Crippen LogP contribution in [0, 0.1) is 0 Å². The topological polar surface area (TPSA) is 83.6 Å².